The van der Waals surface area contributed by atoms with E-state index in [0.29, 0.717) is 49.7 Å². The molecule has 0 radical (unpaired) electrons. The minimum Gasteiger partial charge on any atom is -0.497 e. The van der Waals surface area contributed by atoms with Crippen LogP contribution in [0.15, 0.2) is 48.5 Å². The topological polar surface area (TPSA) is 84.9 Å². The molecule has 2 amide bonds. The maximum atomic E-state index is 12.6. The number of amides is 2. The van der Waals surface area contributed by atoms with Crippen molar-refractivity contribution < 1.29 is 23.9 Å². The van der Waals surface area contributed by atoms with Gasteiger partial charge in [-0.15, -0.1) is 0 Å². The lowest BCUT2D eigenvalue weighted by molar-refractivity contribution is -0.133. The zero-order chi connectivity index (χ0) is 22.9. The van der Waals surface area contributed by atoms with E-state index in [1.165, 1.54) is 6.92 Å². The highest BCUT2D eigenvalue weighted by molar-refractivity contribution is 5.94. The monoisotopic (exact) mass is 438 g/mol. The molecular weight excluding hydrogens is 408 g/mol. The summed E-state index contributed by atoms with van der Waals surface area (Å²) in [5, 5.41) is 2.96. The van der Waals surface area contributed by atoms with Gasteiger partial charge in [0.1, 0.15) is 11.5 Å². The third kappa shape index (κ3) is 6.83. The van der Waals surface area contributed by atoms with Gasteiger partial charge in [0, 0.05) is 38.5 Å². The van der Waals surface area contributed by atoms with Crippen molar-refractivity contribution in [2.24, 2.45) is 5.92 Å². The molecule has 1 N–H and O–H groups in total. The normalized spacial score (nSPS) is 14.0. The quantitative estimate of drug-likeness (QED) is 0.505. The molecule has 2 aromatic carbocycles. The van der Waals surface area contributed by atoms with Gasteiger partial charge in [-0.05, 0) is 61.1 Å². The SMILES string of the molecule is COc1ccc(CCC(=O)N2CCC(CNC(=O)c3cccc(OC(C)=O)c3)CC2)cc1. The number of nitrogens with one attached hydrogen (secondary N) is 1. The van der Waals surface area contributed by atoms with Crippen molar-refractivity contribution in [1.82, 2.24) is 10.2 Å². The number of rotatable bonds is 8. The maximum Gasteiger partial charge on any atom is 0.308 e. The number of aryl methyl sites for hydroxylation is 1. The van der Waals surface area contributed by atoms with Crippen LogP contribution in [0.2, 0.25) is 0 Å². The number of piperidine rings is 1. The van der Waals surface area contributed by atoms with E-state index in [9.17, 15) is 14.4 Å². The number of methoxy groups -OCH3 is 1. The Morgan fingerprint density at radius 3 is 2.41 bits per heavy atom. The first-order valence-electron chi connectivity index (χ1n) is 10.9. The molecule has 32 heavy (non-hydrogen) atoms. The van der Waals surface area contributed by atoms with Gasteiger partial charge in [0.25, 0.3) is 5.91 Å². The lowest BCUT2D eigenvalue weighted by Gasteiger charge is -2.32. The van der Waals surface area contributed by atoms with Crippen LogP contribution in [-0.2, 0) is 16.0 Å². The molecule has 170 valence electrons. The van der Waals surface area contributed by atoms with E-state index in [1.807, 2.05) is 29.2 Å². The van der Waals surface area contributed by atoms with Crippen LogP contribution in [-0.4, -0.2) is 49.4 Å². The van der Waals surface area contributed by atoms with Crippen molar-refractivity contribution in [3.8, 4) is 11.5 Å². The third-order valence-electron chi connectivity index (χ3n) is 5.66. The molecule has 1 heterocycles. The van der Waals surface area contributed by atoms with E-state index in [4.69, 9.17) is 9.47 Å². The van der Waals surface area contributed by atoms with Crippen molar-refractivity contribution in [1.29, 1.82) is 0 Å². The van der Waals surface area contributed by atoms with Crippen LogP contribution in [0.5, 0.6) is 11.5 Å². The van der Waals surface area contributed by atoms with Crippen molar-refractivity contribution in [3.63, 3.8) is 0 Å². The first kappa shape index (κ1) is 23.3. The Morgan fingerprint density at radius 2 is 1.75 bits per heavy atom. The molecule has 7 heteroatoms. The molecule has 0 spiro atoms. The average Bonchev–Trinajstić information content (AvgIpc) is 2.81. The van der Waals surface area contributed by atoms with Gasteiger partial charge in [0.05, 0.1) is 7.11 Å². The predicted molar refractivity (Wildman–Crippen MR) is 121 cm³/mol. The Kier molecular flexibility index (Phi) is 8.25. The Hall–Kier alpha value is -3.35. The van der Waals surface area contributed by atoms with Crippen LogP contribution in [0.4, 0.5) is 0 Å². The van der Waals surface area contributed by atoms with Crippen LogP contribution in [0.3, 0.4) is 0 Å². The number of hydrogen-bond donors (Lipinski definition) is 1. The fourth-order valence-corrected chi connectivity index (χ4v) is 3.79. The smallest absolute Gasteiger partial charge is 0.308 e. The summed E-state index contributed by atoms with van der Waals surface area (Å²) < 4.78 is 10.2. The molecule has 0 aromatic heterocycles. The van der Waals surface area contributed by atoms with Crippen LogP contribution >= 0.6 is 0 Å². The Balaban J connectivity index is 1.39. The third-order valence-corrected chi connectivity index (χ3v) is 5.66. The zero-order valence-electron chi connectivity index (χ0n) is 18.6. The minimum atomic E-state index is -0.423. The fourth-order valence-electron chi connectivity index (χ4n) is 3.79. The number of ether oxygens (including phenoxy) is 2. The molecule has 0 saturated carbocycles. The van der Waals surface area contributed by atoms with Gasteiger partial charge in [0.2, 0.25) is 5.91 Å². The molecule has 1 saturated heterocycles. The summed E-state index contributed by atoms with van der Waals surface area (Å²) >= 11 is 0. The standard InChI is InChI=1S/C25H30N2O5/c1-18(28)32-23-5-3-4-21(16-23)25(30)26-17-20-12-14-27(15-13-20)24(29)11-8-19-6-9-22(31-2)10-7-19/h3-7,9-10,16,20H,8,11-15,17H2,1-2H3,(H,26,30). The highest BCUT2D eigenvalue weighted by atomic mass is 16.5. The summed E-state index contributed by atoms with van der Waals surface area (Å²) in [6.45, 7) is 3.31. The van der Waals surface area contributed by atoms with E-state index in [0.717, 1.165) is 24.2 Å². The highest BCUT2D eigenvalue weighted by Crippen LogP contribution is 2.19. The molecule has 1 aliphatic heterocycles. The van der Waals surface area contributed by atoms with Gasteiger partial charge in [-0.3, -0.25) is 14.4 Å². The highest BCUT2D eigenvalue weighted by Gasteiger charge is 2.23. The van der Waals surface area contributed by atoms with Crippen molar-refractivity contribution in [2.75, 3.05) is 26.7 Å². The fraction of sp³-hybridized carbons (Fsp3) is 0.400. The van der Waals surface area contributed by atoms with Crippen molar-refractivity contribution >= 4 is 17.8 Å². The molecule has 0 bridgehead atoms. The summed E-state index contributed by atoms with van der Waals surface area (Å²) in [7, 11) is 1.64. The Labute approximate surface area is 188 Å². The number of carbonyl (C=O) groups excluding carboxylic acids is 3. The first-order valence-corrected chi connectivity index (χ1v) is 10.9. The summed E-state index contributed by atoms with van der Waals surface area (Å²) in [6, 6.07) is 14.4. The molecule has 1 aliphatic rings. The summed E-state index contributed by atoms with van der Waals surface area (Å²) in [5.41, 5.74) is 1.57. The van der Waals surface area contributed by atoms with Crippen LogP contribution in [0.1, 0.15) is 42.1 Å². The Morgan fingerprint density at radius 1 is 1.03 bits per heavy atom. The zero-order valence-corrected chi connectivity index (χ0v) is 18.6. The van der Waals surface area contributed by atoms with Crippen molar-refractivity contribution in [3.05, 3.63) is 59.7 Å². The maximum absolute atomic E-state index is 12.6. The molecule has 0 aliphatic carbocycles. The van der Waals surface area contributed by atoms with Gasteiger partial charge in [-0.1, -0.05) is 18.2 Å². The predicted octanol–water partition coefficient (Wildman–Crippen LogP) is 3.22. The second-order valence-electron chi connectivity index (χ2n) is 8.00. The summed E-state index contributed by atoms with van der Waals surface area (Å²) in [5.74, 6) is 1.05. The molecule has 3 rings (SSSR count). The molecule has 0 unspecified atom stereocenters. The van der Waals surface area contributed by atoms with Gasteiger partial charge in [-0.25, -0.2) is 0 Å². The molecule has 2 aromatic rings. The number of nitrogens with zero attached hydrogens (tertiary/aromatic N) is 1. The van der Waals surface area contributed by atoms with Gasteiger partial charge >= 0.3 is 5.97 Å². The molecular formula is C25H30N2O5. The van der Waals surface area contributed by atoms with E-state index in [1.54, 1.807) is 31.4 Å². The largest absolute Gasteiger partial charge is 0.497 e. The summed E-state index contributed by atoms with van der Waals surface area (Å²) in [6.07, 6.45) is 2.93. The molecule has 7 nitrogen and oxygen atoms in total. The van der Waals surface area contributed by atoms with Crippen LogP contribution in [0, 0.1) is 5.92 Å². The first-order chi connectivity index (χ1) is 15.4. The lowest BCUT2D eigenvalue weighted by atomic mass is 9.96. The van der Waals surface area contributed by atoms with E-state index >= 15 is 0 Å². The number of carbonyl (C=O) groups is 3. The van der Waals surface area contributed by atoms with Gasteiger partial charge in [-0.2, -0.15) is 0 Å². The van der Waals surface area contributed by atoms with Crippen LogP contribution in [0.25, 0.3) is 0 Å². The minimum absolute atomic E-state index is 0.172. The van der Waals surface area contributed by atoms with Gasteiger partial charge in [0.15, 0.2) is 0 Å². The number of likely N-dealkylation sites (tertiary alicyclic amines) is 1. The van der Waals surface area contributed by atoms with Crippen molar-refractivity contribution in [2.45, 2.75) is 32.6 Å². The van der Waals surface area contributed by atoms with E-state index in [-0.39, 0.29) is 11.8 Å². The van der Waals surface area contributed by atoms with Gasteiger partial charge < -0.3 is 19.7 Å². The molecule has 0 atom stereocenters. The van der Waals surface area contributed by atoms with E-state index < -0.39 is 5.97 Å². The average molecular weight is 439 g/mol. The van der Waals surface area contributed by atoms with E-state index in [2.05, 4.69) is 5.32 Å². The second kappa shape index (κ2) is 11.3. The van der Waals surface area contributed by atoms with Crippen LogP contribution < -0.4 is 14.8 Å². The summed E-state index contributed by atoms with van der Waals surface area (Å²) in [4.78, 5) is 38.0. The molecule has 1 fully saturated rings. The Bertz CT molecular complexity index is 934. The number of hydrogen-bond acceptors (Lipinski definition) is 5. The number of benzene rings is 2. The number of esters is 1. The second-order valence-corrected chi connectivity index (χ2v) is 8.00. The lowest BCUT2D eigenvalue weighted by Crippen LogP contribution is -2.41.